The average Bonchev–Trinajstić information content (AvgIpc) is 3.27. The first-order valence-corrected chi connectivity index (χ1v) is 8.71. The fourth-order valence-electron chi connectivity index (χ4n) is 3.85. The molecule has 0 spiro atoms. The lowest BCUT2D eigenvalue weighted by Crippen LogP contribution is -2.28. The van der Waals surface area contributed by atoms with Gasteiger partial charge in [0.1, 0.15) is 29.1 Å². The molecular formula is C18H22N8. The summed E-state index contributed by atoms with van der Waals surface area (Å²) in [6, 6.07) is 4.70. The number of nitrogen functional groups attached to an aromatic ring is 1. The highest BCUT2D eigenvalue weighted by Gasteiger charge is 2.28. The summed E-state index contributed by atoms with van der Waals surface area (Å²) < 4.78 is 3.77. The number of hydrogen-bond acceptors (Lipinski definition) is 6. The van der Waals surface area contributed by atoms with Gasteiger partial charge in [0.15, 0.2) is 0 Å². The van der Waals surface area contributed by atoms with Crippen molar-refractivity contribution in [1.82, 2.24) is 19.3 Å². The van der Waals surface area contributed by atoms with Crippen molar-refractivity contribution in [2.45, 2.75) is 25.8 Å². The van der Waals surface area contributed by atoms with Gasteiger partial charge in [-0.15, -0.1) is 0 Å². The molecule has 1 aliphatic heterocycles. The number of nitrogens with two attached hydrogens (primary N) is 1. The van der Waals surface area contributed by atoms with Crippen LogP contribution in [0.3, 0.4) is 0 Å². The van der Waals surface area contributed by atoms with Crippen LogP contribution in [0.1, 0.15) is 25.3 Å². The third kappa shape index (κ3) is 2.44. The van der Waals surface area contributed by atoms with Gasteiger partial charge in [-0.05, 0) is 19.8 Å². The van der Waals surface area contributed by atoms with Crippen LogP contribution in [0.25, 0.3) is 10.9 Å². The van der Waals surface area contributed by atoms with Crippen LogP contribution in [0, 0.1) is 11.3 Å². The maximum absolute atomic E-state index is 9.81. The van der Waals surface area contributed by atoms with Crippen molar-refractivity contribution in [1.29, 1.82) is 5.26 Å². The second-order valence-electron chi connectivity index (χ2n) is 6.87. The maximum Gasteiger partial charge on any atom is 0.136 e. The molecular weight excluding hydrogens is 328 g/mol. The van der Waals surface area contributed by atoms with Crippen LogP contribution in [0.4, 0.5) is 23.1 Å². The van der Waals surface area contributed by atoms with E-state index in [-0.39, 0.29) is 0 Å². The van der Waals surface area contributed by atoms with E-state index in [2.05, 4.69) is 37.9 Å². The van der Waals surface area contributed by atoms with E-state index in [1.165, 1.54) is 0 Å². The van der Waals surface area contributed by atoms with Crippen LogP contribution >= 0.6 is 0 Å². The van der Waals surface area contributed by atoms with Gasteiger partial charge in [-0.1, -0.05) is 0 Å². The van der Waals surface area contributed by atoms with Crippen LogP contribution in [0.2, 0.25) is 0 Å². The summed E-state index contributed by atoms with van der Waals surface area (Å²) >= 11 is 0. The number of hydrogen-bond donors (Lipinski definition) is 2. The van der Waals surface area contributed by atoms with Crippen LogP contribution in [-0.4, -0.2) is 31.9 Å². The van der Waals surface area contributed by atoms with E-state index in [1.807, 2.05) is 26.4 Å². The number of pyridine rings is 1. The molecule has 0 bridgehead atoms. The molecule has 3 aromatic rings. The zero-order valence-electron chi connectivity index (χ0n) is 15.2. The number of rotatable bonds is 3. The number of fused-ring (bicyclic) bond motifs is 1. The molecule has 0 radical (unpaired) electrons. The quantitative estimate of drug-likeness (QED) is 0.753. The lowest BCUT2D eigenvalue weighted by molar-refractivity contribution is 0.713. The minimum Gasteiger partial charge on any atom is -0.383 e. The Morgan fingerprint density at radius 1 is 1.38 bits per heavy atom. The zero-order valence-corrected chi connectivity index (χ0v) is 15.2. The number of nitrogens with zero attached hydrogens (tertiary/aromatic N) is 6. The first-order valence-electron chi connectivity index (χ1n) is 8.71. The van der Waals surface area contributed by atoms with Crippen molar-refractivity contribution in [2.24, 2.45) is 14.1 Å². The van der Waals surface area contributed by atoms with Gasteiger partial charge in [0, 0.05) is 38.9 Å². The summed E-state index contributed by atoms with van der Waals surface area (Å²) in [7, 11) is 3.84. The summed E-state index contributed by atoms with van der Waals surface area (Å²) in [6.45, 7) is 3.15. The van der Waals surface area contributed by atoms with Crippen LogP contribution in [0.5, 0.6) is 0 Å². The highest BCUT2D eigenvalue weighted by Crippen LogP contribution is 2.38. The Morgan fingerprint density at radius 2 is 2.19 bits per heavy atom. The SMILES string of the molecule is C[C@@H]1CCCN1c1c(C#N)c2c(N)nc(Nc3cnn(C)c3)cc2n1C. The van der Waals surface area contributed by atoms with Crippen molar-refractivity contribution in [3.63, 3.8) is 0 Å². The molecule has 1 fully saturated rings. The van der Waals surface area contributed by atoms with E-state index in [4.69, 9.17) is 5.73 Å². The van der Waals surface area contributed by atoms with E-state index in [0.717, 1.165) is 41.8 Å². The third-order valence-corrected chi connectivity index (χ3v) is 5.09. The topological polar surface area (TPSA) is 101 Å². The zero-order chi connectivity index (χ0) is 18.4. The van der Waals surface area contributed by atoms with Gasteiger partial charge in [-0.2, -0.15) is 10.4 Å². The summed E-state index contributed by atoms with van der Waals surface area (Å²) in [5.41, 5.74) is 8.59. The van der Waals surface area contributed by atoms with Gasteiger partial charge < -0.3 is 20.5 Å². The summed E-state index contributed by atoms with van der Waals surface area (Å²) in [6.07, 6.45) is 5.86. The van der Waals surface area contributed by atoms with Gasteiger partial charge in [-0.3, -0.25) is 4.68 Å². The normalized spacial score (nSPS) is 17.0. The van der Waals surface area contributed by atoms with Gasteiger partial charge >= 0.3 is 0 Å². The molecule has 134 valence electrons. The Morgan fingerprint density at radius 3 is 2.81 bits per heavy atom. The molecule has 3 N–H and O–H groups in total. The van der Waals surface area contributed by atoms with Crippen LogP contribution in [0.15, 0.2) is 18.5 Å². The van der Waals surface area contributed by atoms with E-state index >= 15 is 0 Å². The molecule has 0 aliphatic carbocycles. The Balaban J connectivity index is 1.86. The van der Waals surface area contributed by atoms with E-state index in [0.29, 0.717) is 23.2 Å². The molecule has 0 saturated carbocycles. The van der Waals surface area contributed by atoms with E-state index in [9.17, 15) is 5.26 Å². The number of nitriles is 1. The highest BCUT2D eigenvalue weighted by molar-refractivity contribution is 6.01. The van der Waals surface area contributed by atoms with Gasteiger partial charge in [-0.25, -0.2) is 4.98 Å². The van der Waals surface area contributed by atoms with Gasteiger partial charge in [0.2, 0.25) is 0 Å². The fourth-order valence-corrected chi connectivity index (χ4v) is 3.85. The summed E-state index contributed by atoms with van der Waals surface area (Å²) in [4.78, 5) is 6.76. The molecule has 0 amide bonds. The van der Waals surface area contributed by atoms with Crippen molar-refractivity contribution >= 4 is 34.0 Å². The Labute approximate surface area is 151 Å². The van der Waals surface area contributed by atoms with Crippen molar-refractivity contribution in [3.8, 4) is 6.07 Å². The molecule has 1 saturated heterocycles. The molecule has 4 rings (SSSR count). The first-order chi connectivity index (χ1) is 12.5. The third-order valence-electron chi connectivity index (χ3n) is 5.09. The van der Waals surface area contributed by atoms with Crippen LogP contribution < -0.4 is 16.0 Å². The minimum absolute atomic E-state index is 0.360. The summed E-state index contributed by atoms with van der Waals surface area (Å²) in [5, 5.41) is 17.9. The molecule has 4 heterocycles. The molecule has 0 aromatic carbocycles. The minimum atomic E-state index is 0.360. The molecule has 1 aliphatic rings. The number of nitrogens with one attached hydrogen (secondary N) is 1. The van der Waals surface area contributed by atoms with E-state index < -0.39 is 0 Å². The molecule has 1 atom stereocenters. The number of anilines is 4. The number of aromatic nitrogens is 4. The second-order valence-corrected chi connectivity index (χ2v) is 6.87. The largest absolute Gasteiger partial charge is 0.383 e. The molecule has 8 nitrogen and oxygen atoms in total. The summed E-state index contributed by atoms with van der Waals surface area (Å²) in [5.74, 6) is 1.92. The van der Waals surface area contributed by atoms with Crippen molar-refractivity contribution in [3.05, 3.63) is 24.0 Å². The Kier molecular flexibility index (Phi) is 3.72. The standard InChI is InChI=1S/C18H22N8/c1-11-5-4-6-26(11)18-13(8-19)16-14(25(18)3)7-15(23-17(16)20)22-12-9-21-24(2)10-12/h7,9-11H,4-6H2,1-3H3,(H3,20,22,23)/t11-/m1/s1. The predicted molar refractivity (Wildman–Crippen MR) is 102 cm³/mol. The monoisotopic (exact) mass is 350 g/mol. The van der Waals surface area contributed by atoms with Gasteiger partial charge in [0.25, 0.3) is 0 Å². The molecule has 8 heteroatoms. The average molecular weight is 350 g/mol. The molecule has 26 heavy (non-hydrogen) atoms. The smallest absolute Gasteiger partial charge is 0.136 e. The van der Waals surface area contributed by atoms with Crippen molar-refractivity contribution in [2.75, 3.05) is 22.5 Å². The molecule has 0 unspecified atom stereocenters. The lowest BCUT2D eigenvalue weighted by Gasteiger charge is -2.24. The second kappa shape index (κ2) is 5.95. The van der Waals surface area contributed by atoms with Crippen molar-refractivity contribution < 1.29 is 0 Å². The Bertz CT molecular complexity index is 1020. The maximum atomic E-state index is 9.81. The lowest BCUT2D eigenvalue weighted by atomic mass is 10.2. The Hall–Kier alpha value is -3.21. The highest BCUT2D eigenvalue weighted by atomic mass is 15.3. The first kappa shape index (κ1) is 16.3. The number of aryl methyl sites for hydroxylation is 2. The fraction of sp³-hybridized carbons (Fsp3) is 0.389. The van der Waals surface area contributed by atoms with E-state index in [1.54, 1.807) is 10.9 Å². The van der Waals surface area contributed by atoms with Gasteiger partial charge in [0.05, 0.1) is 22.8 Å². The predicted octanol–water partition coefficient (Wildman–Crippen LogP) is 2.49. The molecule has 3 aromatic heterocycles. The van der Waals surface area contributed by atoms with Crippen LogP contribution in [-0.2, 0) is 14.1 Å².